The van der Waals surface area contributed by atoms with Gasteiger partial charge in [0.1, 0.15) is 5.69 Å². The molecule has 0 unspecified atom stereocenters. The molecule has 1 heterocycles. The van der Waals surface area contributed by atoms with Crippen molar-refractivity contribution in [1.29, 1.82) is 0 Å². The van der Waals surface area contributed by atoms with Crippen LogP contribution < -0.4 is 16.0 Å². The summed E-state index contributed by atoms with van der Waals surface area (Å²) < 4.78 is 42.5. The van der Waals surface area contributed by atoms with Gasteiger partial charge in [0.15, 0.2) is 0 Å². The van der Waals surface area contributed by atoms with E-state index in [2.05, 4.69) is 4.74 Å². The van der Waals surface area contributed by atoms with E-state index in [-0.39, 0.29) is 10.6 Å². The van der Waals surface area contributed by atoms with Gasteiger partial charge in [0.25, 0.3) is 11.3 Å². The van der Waals surface area contributed by atoms with E-state index in [1.807, 2.05) is 0 Å². The van der Waals surface area contributed by atoms with Crippen LogP contribution in [0.15, 0.2) is 27.8 Å². The fourth-order valence-electron chi connectivity index (χ4n) is 2.09. The van der Waals surface area contributed by atoms with E-state index in [0.717, 1.165) is 7.11 Å². The Morgan fingerprint density at radius 2 is 1.58 bits per heavy atom. The maximum Gasteiger partial charge on any atom is 0.431 e. The van der Waals surface area contributed by atoms with Crippen molar-refractivity contribution in [2.75, 3.05) is 7.11 Å². The maximum absolute atomic E-state index is 12.6. The third-order valence-corrected chi connectivity index (χ3v) is 3.13. The number of hydrogen-bond acceptors (Lipinski definition) is 7. The van der Waals surface area contributed by atoms with Crippen LogP contribution >= 0.6 is 0 Å². The number of aromatic amines is 1. The van der Waals surface area contributed by atoms with Gasteiger partial charge in [0.05, 0.1) is 22.6 Å². The molecule has 138 valence electrons. The van der Waals surface area contributed by atoms with Crippen LogP contribution in [0.3, 0.4) is 0 Å². The average Bonchev–Trinajstić information content (AvgIpc) is 2.52. The molecule has 0 aliphatic heterocycles. The van der Waals surface area contributed by atoms with Gasteiger partial charge in [0.2, 0.25) is 0 Å². The quantitative estimate of drug-likeness (QED) is 0.625. The molecule has 26 heavy (non-hydrogen) atoms. The number of nitrogens with zero attached hydrogens (tertiary/aromatic N) is 3. The van der Waals surface area contributed by atoms with E-state index in [4.69, 9.17) is 0 Å². The van der Waals surface area contributed by atoms with Gasteiger partial charge in [-0.05, 0) is 0 Å². The Bertz CT molecular complexity index is 958. The molecule has 0 radical (unpaired) electrons. The fraction of sp³-hybridized carbons (Fsp3) is 0.167. The zero-order valence-corrected chi connectivity index (χ0v) is 12.6. The van der Waals surface area contributed by atoms with E-state index in [0.29, 0.717) is 12.1 Å². The molecule has 0 aliphatic rings. The second-order valence-electron chi connectivity index (χ2n) is 4.69. The summed E-state index contributed by atoms with van der Waals surface area (Å²) in [7, 11) is 0.923. The first-order valence-corrected chi connectivity index (χ1v) is 6.42. The third kappa shape index (κ3) is 3.24. The van der Waals surface area contributed by atoms with Crippen molar-refractivity contribution in [3.63, 3.8) is 0 Å². The molecule has 0 saturated carbocycles. The molecule has 1 aromatic carbocycles. The lowest BCUT2D eigenvalue weighted by molar-refractivity contribution is -0.395. The van der Waals surface area contributed by atoms with Gasteiger partial charge >= 0.3 is 23.2 Å². The second-order valence-corrected chi connectivity index (χ2v) is 4.69. The Balaban J connectivity index is 2.86. The first-order valence-electron chi connectivity index (χ1n) is 6.42. The lowest BCUT2D eigenvalue weighted by Gasteiger charge is -2.10. The minimum atomic E-state index is -5.02. The highest BCUT2D eigenvalue weighted by atomic mass is 19.4. The topological polar surface area (TPSA) is 150 Å². The zero-order chi connectivity index (χ0) is 19.8. The van der Waals surface area contributed by atoms with Crippen molar-refractivity contribution in [2.45, 2.75) is 6.18 Å². The van der Waals surface area contributed by atoms with Crippen molar-refractivity contribution in [2.24, 2.45) is 0 Å². The van der Waals surface area contributed by atoms with Crippen LogP contribution in [-0.2, 0) is 6.18 Å². The summed E-state index contributed by atoms with van der Waals surface area (Å²) in [5.74, 6) is -0.750. The highest BCUT2D eigenvalue weighted by Crippen LogP contribution is 2.38. The van der Waals surface area contributed by atoms with Crippen LogP contribution in [0.4, 0.5) is 24.5 Å². The SMILES string of the molecule is COc1c([N+](=O)[O-])cc(-n2c(=O)cc(C(F)(F)F)[nH]c2=O)cc1[N+](=O)[O-]. The summed E-state index contributed by atoms with van der Waals surface area (Å²) in [4.78, 5) is 45.2. The minimum absolute atomic E-state index is 0.0449. The lowest BCUT2D eigenvalue weighted by Crippen LogP contribution is -2.35. The van der Waals surface area contributed by atoms with E-state index < -0.39 is 55.8 Å². The number of ether oxygens (including phenoxy) is 1. The summed E-state index contributed by atoms with van der Waals surface area (Å²) >= 11 is 0. The zero-order valence-electron chi connectivity index (χ0n) is 12.6. The van der Waals surface area contributed by atoms with Gasteiger partial charge in [-0.3, -0.25) is 25.0 Å². The molecule has 2 rings (SSSR count). The number of benzene rings is 1. The van der Waals surface area contributed by atoms with Crippen LogP contribution in [0.2, 0.25) is 0 Å². The first-order chi connectivity index (χ1) is 12.0. The Hall–Kier alpha value is -3.71. The summed E-state index contributed by atoms with van der Waals surface area (Å²) in [6.07, 6.45) is -5.02. The first kappa shape index (κ1) is 18.6. The summed E-state index contributed by atoms with van der Waals surface area (Å²) in [6, 6.07) is 1.23. The highest BCUT2D eigenvalue weighted by Gasteiger charge is 2.34. The predicted molar refractivity (Wildman–Crippen MR) is 77.5 cm³/mol. The molecule has 0 aliphatic carbocycles. The van der Waals surface area contributed by atoms with Crippen molar-refractivity contribution >= 4 is 11.4 Å². The van der Waals surface area contributed by atoms with Crippen LogP contribution in [0.1, 0.15) is 5.69 Å². The van der Waals surface area contributed by atoms with Crippen molar-refractivity contribution in [3.8, 4) is 11.4 Å². The van der Waals surface area contributed by atoms with Gasteiger partial charge in [-0.15, -0.1) is 0 Å². The van der Waals surface area contributed by atoms with Crippen LogP contribution in [-0.4, -0.2) is 26.5 Å². The molecule has 2 aromatic rings. The summed E-state index contributed by atoms with van der Waals surface area (Å²) in [5.41, 5.74) is -7.30. The van der Waals surface area contributed by atoms with Crippen LogP contribution in [0.25, 0.3) is 5.69 Å². The fourth-order valence-corrected chi connectivity index (χ4v) is 2.09. The normalized spacial score (nSPS) is 11.2. The molecule has 0 amide bonds. The molecule has 0 bridgehead atoms. The number of H-pyrrole nitrogens is 1. The molecule has 0 spiro atoms. The largest absolute Gasteiger partial charge is 0.485 e. The van der Waals surface area contributed by atoms with E-state index in [9.17, 15) is 43.0 Å². The number of nitrogens with one attached hydrogen (secondary N) is 1. The van der Waals surface area contributed by atoms with E-state index in [1.165, 1.54) is 4.98 Å². The molecular formula is C12H7F3N4O7. The number of alkyl halides is 3. The van der Waals surface area contributed by atoms with Gasteiger partial charge in [0, 0.05) is 18.2 Å². The summed E-state index contributed by atoms with van der Waals surface area (Å²) in [5, 5.41) is 22.2. The number of aromatic nitrogens is 2. The van der Waals surface area contributed by atoms with E-state index in [1.54, 1.807) is 0 Å². The van der Waals surface area contributed by atoms with Crippen LogP contribution in [0, 0.1) is 20.2 Å². The Morgan fingerprint density at radius 1 is 1.08 bits per heavy atom. The smallest absolute Gasteiger partial charge is 0.431 e. The molecule has 0 saturated heterocycles. The number of methoxy groups -OCH3 is 1. The molecule has 11 nitrogen and oxygen atoms in total. The van der Waals surface area contributed by atoms with Crippen molar-refractivity contribution < 1.29 is 27.8 Å². The van der Waals surface area contributed by atoms with Gasteiger partial charge in [-0.25, -0.2) is 9.36 Å². The van der Waals surface area contributed by atoms with Crippen molar-refractivity contribution in [1.82, 2.24) is 9.55 Å². The lowest BCUT2D eigenvalue weighted by atomic mass is 10.2. The number of nitro benzene ring substituents is 2. The van der Waals surface area contributed by atoms with Gasteiger partial charge in [-0.2, -0.15) is 13.2 Å². The standard InChI is InChI=1S/C12H7F3N4O7/c1-26-10-6(18(22)23)2-5(3-7(10)19(24)25)17-9(20)4-8(12(13,14)15)16-11(17)21/h2-4H,1H3,(H,16,21). The Kier molecular flexibility index (Phi) is 4.52. The van der Waals surface area contributed by atoms with Crippen molar-refractivity contribution in [3.05, 3.63) is 65.0 Å². The van der Waals surface area contributed by atoms with Gasteiger partial charge < -0.3 is 9.72 Å². The average molecular weight is 376 g/mol. The number of nitro groups is 2. The highest BCUT2D eigenvalue weighted by molar-refractivity contribution is 5.65. The predicted octanol–water partition coefficient (Wildman–Crippen LogP) is 1.37. The number of halogens is 3. The molecular weight excluding hydrogens is 369 g/mol. The van der Waals surface area contributed by atoms with Crippen LogP contribution in [0.5, 0.6) is 5.75 Å². The van der Waals surface area contributed by atoms with E-state index >= 15 is 0 Å². The molecule has 0 atom stereocenters. The molecule has 0 fully saturated rings. The third-order valence-electron chi connectivity index (χ3n) is 3.13. The summed E-state index contributed by atoms with van der Waals surface area (Å²) in [6.45, 7) is 0. The molecule has 1 aromatic heterocycles. The second kappa shape index (κ2) is 6.30. The Labute approximate surface area is 139 Å². The monoisotopic (exact) mass is 376 g/mol. The maximum atomic E-state index is 12.6. The number of rotatable bonds is 4. The Morgan fingerprint density at radius 3 is 1.92 bits per heavy atom. The van der Waals surface area contributed by atoms with Gasteiger partial charge in [-0.1, -0.05) is 0 Å². The molecule has 1 N–H and O–H groups in total. The minimum Gasteiger partial charge on any atom is -0.485 e. The number of hydrogen-bond donors (Lipinski definition) is 1. The molecule has 14 heteroatoms.